The van der Waals surface area contributed by atoms with Gasteiger partial charge in [0.1, 0.15) is 0 Å². The minimum atomic E-state index is 0.975. The summed E-state index contributed by atoms with van der Waals surface area (Å²) in [7, 11) is 0. The van der Waals surface area contributed by atoms with Crippen molar-refractivity contribution in [1.29, 1.82) is 0 Å². The third-order valence-corrected chi connectivity index (χ3v) is 1.11. The number of hydrogen-bond acceptors (Lipinski definition) is 1. The van der Waals surface area contributed by atoms with Gasteiger partial charge in [0.2, 0.25) is 0 Å². The van der Waals surface area contributed by atoms with Crippen molar-refractivity contribution in [2.45, 2.75) is 26.7 Å². The molecule has 0 atom stereocenters. The first-order valence-corrected chi connectivity index (χ1v) is 3.69. The molecule has 0 rings (SSSR count). The van der Waals surface area contributed by atoms with Crippen LogP contribution in [-0.4, -0.2) is 6.21 Å². The second-order valence-electron chi connectivity index (χ2n) is 1.97. The SMILES string of the molecule is C=C/C=C(\CC)N=CCC. The maximum absolute atomic E-state index is 4.22. The predicted octanol–water partition coefficient (Wildman–Crippen LogP) is 2.95. The second-order valence-corrected chi connectivity index (χ2v) is 1.97. The summed E-state index contributed by atoms with van der Waals surface area (Å²) in [6.07, 6.45) is 7.59. The Morgan fingerprint density at radius 1 is 1.50 bits per heavy atom. The van der Waals surface area contributed by atoms with Crippen LogP contribution in [0.15, 0.2) is 29.4 Å². The van der Waals surface area contributed by atoms with E-state index in [1.165, 1.54) is 0 Å². The smallest absolute Gasteiger partial charge is 0.0396 e. The van der Waals surface area contributed by atoms with E-state index in [1.54, 1.807) is 6.08 Å². The van der Waals surface area contributed by atoms with Gasteiger partial charge in [-0.2, -0.15) is 0 Å². The van der Waals surface area contributed by atoms with E-state index in [1.807, 2.05) is 12.3 Å². The molecule has 0 amide bonds. The van der Waals surface area contributed by atoms with E-state index in [2.05, 4.69) is 25.4 Å². The number of aliphatic imine (C=N–C) groups is 1. The Hall–Kier alpha value is -0.850. The summed E-state index contributed by atoms with van der Waals surface area (Å²) >= 11 is 0. The van der Waals surface area contributed by atoms with Crippen LogP contribution in [0.1, 0.15) is 26.7 Å². The molecule has 0 aliphatic heterocycles. The highest BCUT2D eigenvalue weighted by molar-refractivity contribution is 5.58. The summed E-state index contributed by atoms with van der Waals surface area (Å²) in [4.78, 5) is 4.22. The molecule has 0 aliphatic carbocycles. The van der Waals surface area contributed by atoms with Gasteiger partial charge in [0.15, 0.2) is 0 Å². The summed E-state index contributed by atoms with van der Waals surface area (Å²) in [6.45, 7) is 7.77. The molecular formula is C9H15N. The predicted molar refractivity (Wildman–Crippen MR) is 47.4 cm³/mol. The number of rotatable bonds is 4. The number of hydrogen-bond donors (Lipinski definition) is 0. The Bertz CT molecular complexity index is 143. The first-order chi connectivity index (χ1) is 4.85. The average Bonchev–Trinajstić information content (AvgIpc) is 1.98. The molecule has 0 spiro atoms. The topological polar surface area (TPSA) is 12.4 Å². The fourth-order valence-electron chi connectivity index (χ4n) is 0.597. The summed E-state index contributed by atoms with van der Waals surface area (Å²) in [5, 5.41) is 0. The van der Waals surface area contributed by atoms with Gasteiger partial charge in [-0.3, -0.25) is 4.99 Å². The van der Waals surface area contributed by atoms with Crippen molar-refractivity contribution in [1.82, 2.24) is 0 Å². The van der Waals surface area contributed by atoms with Crippen LogP contribution in [0.2, 0.25) is 0 Å². The highest BCUT2D eigenvalue weighted by Crippen LogP contribution is 2.00. The lowest BCUT2D eigenvalue weighted by atomic mass is 10.3. The summed E-state index contributed by atoms with van der Waals surface area (Å²) in [6, 6.07) is 0. The van der Waals surface area contributed by atoms with Crippen molar-refractivity contribution < 1.29 is 0 Å². The average molecular weight is 137 g/mol. The highest BCUT2D eigenvalue weighted by atomic mass is 14.7. The van der Waals surface area contributed by atoms with Crippen molar-refractivity contribution in [3.8, 4) is 0 Å². The van der Waals surface area contributed by atoms with Gasteiger partial charge in [0.05, 0.1) is 0 Å². The number of allylic oxidation sites excluding steroid dienone is 3. The van der Waals surface area contributed by atoms with Crippen LogP contribution in [0, 0.1) is 0 Å². The molecular weight excluding hydrogens is 122 g/mol. The van der Waals surface area contributed by atoms with Gasteiger partial charge >= 0.3 is 0 Å². The lowest BCUT2D eigenvalue weighted by Gasteiger charge is -1.91. The van der Waals surface area contributed by atoms with Crippen molar-refractivity contribution in [3.63, 3.8) is 0 Å². The van der Waals surface area contributed by atoms with Crippen LogP contribution in [0.5, 0.6) is 0 Å². The second kappa shape index (κ2) is 6.27. The zero-order chi connectivity index (χ0) is 7.82. The Kier molecular flexibility index (Phi) is 5.74. The lowest BCUT2D eigenvalue weighted by molar-refractivity contribution is 1.07. The fraction of sp³-hybridized carbons (Fsp3) is 0.444. The first-order valence-electron chi connectivity index (χ1n) is 3.69. The van der Waals surface area contributed by atoms with Gasteiger partial charge in [-0.15, -0.1) is 0 Å². The van der Waals surface area contributed by atoms with Crippen molar-refractivity contribution >= 4 is 6.21 Å². The molecule has 0 saturated carbocycles. The molecule has 56 valence electrons. The highest BCUT2D eigenvalue weighted by Gasteiger charge is 1.83. The number of nitrogens with zero attached hydrogens (tertiary/aromatic N) is 1. The first kappa shape index (κ1) is 9.15. The molecule has 0 heterocycles. The van der Waals surface area contributed by atoms with Gasteiger partial charge in [-0.05, 0) is 18.9 Å². The molecule has 0 radical (unpaired) electrons. The zero-order valence-electron chi connectivity index (χ0n) is 6.80. The lowest BCUT2D eigenvalue weighted by Crippen LogP contribution is -1.75. The molecule has 0 fully saturated rings. The summed E-state index contributed by atoms with van der Waals surface area (Å²) < 4.78 is 0. The normalized spacial score (nSPS) is 12.4. The Balaban J connectivity index is 3.94. The van der Waals surface area contributed by atoms with Crippen LogP contribution in [-0.2, 0) is 0 Å². The molecule has 0 aromatic heterocycles. The van der Waals surface area contributed by atoms with Gasteiger partial charge in [-0.1, -0.05) is 26.5 Å². The third-order valence-electron chi connectivity index (χ3n) is 1.11. The van der Waals surface area contributed by atoms with Crippen LogP contribution in [0.4, 0.5) is 0 Å². The Morgan fingerprint density at radius 3 is 2.60 bits per heavy atom. The Labute approximate surface area is 63.2 Å². The van der Waals surface area contributed by atoms with E-state index >= 15 is 0 Å². The van der Waals surface area contributed by atoms with E-state index < -0.39 is 0 Å². The summed E-state index contributed by atoms with van der Waals surface area (Å²) in [5.41, 5.74) is 1.09. The standard InChI is InChI=1S/C9H15N/c1-4-7-9(6-3)10-8-5-2/h4,7-8H,1,5-6H2,2-3H3/b9-7+,10-8?. The minimum absolute atomic E-state index is 0.975. The molecule has 0 bridgehead atoms. The van der Waals surface area contributed by atoms with Crippen LogP contribution in [0.3, 0.4) is 0 Å². The molecule has 10 heavy (non-hydrogen) atoms. The van der Waals surface area contributed by atoms with Crippen molar-refractivity contribution in [2.75, 3.05) is 0 Å². The maximum Gasteiger partial charge on any atom is 0.0396 e. The molecule has 0 aromatic carbocycles. The molecule has 0 unspecified atom stereocenters. The van der Waals surface area contributed by atoms with Crippen LogP contribution < -0.4 is 0 Å². The molecule has 0 N–H and O–H groups in total. The molecule has 0 aromatic rings. The van der Waals surface area contributed by atoms with E-state index in [-0.39, 0.29) is 0 Å². The minimum Gasteiger partial charge on any atom is -0.266 e. The Morgan fingerprint density at radius 2 is 2.20 bits per heavy atom. The third kappa shape index (κ3) is 4.07. The van der Waals surface area contributed by atoms with Gasteiger partial charge in [0, 0.05) is 11.9 Å². The summed E-state index contributed by atoms with van der Waals surface area (Å²) in [5.74, 6) is 0. The van der Waals surface area contributed by atoms with Gasteiger partial charge < -0.3 is 0 Å². The van der Waals surface area contributed by atoms with E-state index in [0.717, 1.165) is 18.5 Å². The molecule has 0 aliphatic rings. The largest absolute Gasteiger partial charge is 0.266 e. The van der Waals surface area contributed by atoms with Gasteiger partial charge in [-0.25, -0.2) is 0 Å². The van der Waals surface area contributed by atoms with Crippen molar-refractivity contribution in [2.24, 2.45) is 4.99 Å². The van der Waals surface area contributed by atoms with E-state index in [4.69, 9.17) is 0 Å². The van der Waals surface area contributed by atoms with Crippen LogP contribution in [0.25, 0.3) is 0 Å². The quantitative estimate of drug-likeness (QED) is 0.417. The van der Waals surface area contributed by atoms with Gasteiger partial charge in [0.25, 0.3) is 0 Å². The van der Waals surface area contributed by atoms with E-state index in [0.29, 0.717) is 0 Å². The van der Waals surface area contributed by atoms with Crippen LogP contribution >= 0.6 is 0 Å². The molecule has 1 heteroatoms. The van der Waals surface area contributed by atoms with Crippen molar-refractivity contribution in [3.05, 3.63) is 24.4 Å². The molecule has 0 saturated heterocycles. The molecule has 1 nitrogen and oxygen atoms in total. The fourth-order valence-corrected chi connectivity index (χ4v) is 0.597. The zero-order valence-corrected chi connectivity index (χ0v) is 6.80. The monoisotopic (exact) mass is 137 g/mol. The van der Waals surface area contributed by atoms with E-state index in [9.17, 15) is 0 Å². The maximum atomic E-state index is 4.22.